The smallest absolute Gasteiger partial charge is 0.311 e. The lowest BCUT2D eigenvalue weighted by molar-refractivity contribution is -0.155. The molecule has 4 rings (SSSR count). The Morgan fingerprint density at radius 1 is 1.14 bits per heavy atom. The Balaban J connectivity index is 1.87. The van der Waals surface area contributed by atoms with E-state index < -0.39 is 33.4 Å². The van der Waals surface area contributed by atoms with Crippen molar-refractivity contribution >= 4 is 29.5 Å². The molecule has 8 heteroatoms. The maximum atomic E-state index is 14.3. The second-order valence-corrected chi connectivity index (χ2v) is 12.4. The van der Waals surface area contributed by atoms with Crippen LogP contribution in [0.2, 0.25) is 0 Å². The van der Waals surface area contributed by atoms with E-state index in [4.69, 9.17) is 4.74 Å². The summed E-state index contributed by atoms with van der Waals surface area (Å²) in [6.07, 6.45) is 13.2. The molecule has 4 aliphatic rings. The molecule has 0 aromatic carbocycles. The summed E-state index contributed by atoms with van der Waals surface area (Å²) in [7, 11) is 0. The molecule has 0 bridgehead atoms. The van der Waals surface area contributed by atoms with Crippen molar-refractivity contribution in [2.75, 3.05) is 19.8 Å². The van der Waals surface area contributed by atoms with Crippen molar-refractivity contribution in [1.82, 2.24) is 9.80 Å². The van der Waals surface area contributed by atoms with E-state index in [0.717, 1.165) is 32.1 Å². The van der Waals surface area contributed by atoms with E-state index in [1.807, 2.05) is 30.9 Å². The molecule has 2 amide bonds. The average molecular weight is 505 g/mol. The molecule has 0 saturated carbocycles. The molecule has 7 nitrogen and oxygen atoms in total. The molecular formula is C27H40N2O5S. The zero-order chi connectivity index (χ0) is 25.4. The van der Waals surface area contributed by atoms with Gasteiger partial charge in [0.25, 0.3) is 0 Å². The van der Waals surface area contributed by atoms with Crippen LogP contribution < -0.4 is 0 Å². The topological polar surface area (TPSA) is 87.2 Å². The third kappa shape index (κ3) is 4.24. The summed E-state index contributed by atoms with van der Waals surface area (Å²) in [5.41, 5.74) is 0. The SMILES string of the molecule is CCCC(C)N1CC=C[C@]23S[C@]4(C)/C=C\CCCCOC(=O)[C@@H]4[C@H]2C(=O)N([C@@H](CC)CO)C3C1=O. The summed E-state index contributed by atoms with van der Waals surface area (Å²) in [6.45, 7) is 8.68. The van der Waals surface area contributed by atoms with E-state index in [2.05, 4.69) is 26.0 Å². The van der Waals surface area contributed by atoms with E-state index in [9.17, 15) is 19.5 Å². The molecule has 2 saturated heterocycles. The minimum Gasteiger partial charge on any atom is -0.465 e. The van der Waals surface area contributed by atoms with Crippen LogP contribution in [0.4, 0.5) is 0 Å². The number of fused-ring (bicyclic) bond motifs is 2. The quantitative estimate of drug-likeness (QED) is 0.441. The molecule has 4 aliphatic heterocycles. The number of hydrogen-bond acceptors (Lipinski definition) is 6. The molecule has 1 spiro atoms. The monoisotopic (exact) mass is 504 g/mol. The number of ether oxygens (including phenoxy) is 1. The number of amides is 2. The van der Waals surface area contributed by atoms with Crippen LogP contribution >= 0.6 is 11.8 Å². The van der Waals surface area contributed by atoms with Crippen LogP contribution in [-0.4, -0.2) is 80.1 Å². The number of thioether (sulfide) groups is 1. The van der Waals surface area contributed by atoms with Crippen molar-refractivity contribution < 1.29 is 24.2 Å². The zero-order valence-electron chi connectivity index (χ0n) is 21.4. The number of hydrogen-bond donors (Lipinski definition) is 1. The van der Waals surface area contributed by atoms with Crippen molar-refractivity contribution in [3.63, 3.8) is 0 Å². The van der Waals surface area contributed by atoms with Crippen LogP contribution in [0, 0.1) is 11.8 Å². The molecule has 4 heterocycles. The van der Waals surface area contributed by atoms with Gasteiger partial charge >= 0.3 is 5.97 Å². The Labute approximate surface area is 213 Å². The third-order valence-electron chi connectivity index (χ3n) is 8.28. The van der Waals surface area contributed by atoms with Crippen LogP contribution in [0.5, 0.6) is 0 Å². The lowest BCUT2D eigenvalue weighted by Gasteiger charge is -2.40. The maximum absolute atomic E-state index is 14.3. The van der Waals surface area contributed by atoms with E-state index in [-0.39, 0.29) is 30.4 Å². The van der Waals surface area contributed by atoms with Crippen molar-refractivity contribution in [1.29, 1.82) is 0 Å². The Bertz CT molecular complexity index is 902. The van der Waals surface area contributed by atoms with Crippen LogP contribution in [0.25, 0.3) is 0 Å². The maximum Gasteiger partial charge on any atom is 0.311 e. The second-order valence-electron chi connectivity index (χ2n) is 10.6. The Kier molecular flexibility index (Phi) is 7.72. The van der Waals surface area contributed by atoms with Gasteiger partial charge in [-0.2, -0.15) is 0 Å². The Hall–Kier alpha value is -1.80. The number of cyclic esters (lactones) is 1. The summed E-state index contributed by atoms with van der Waals surface area (Å²) < 4.78 is 4.14. The summed E-state index contributed by atoms with van der Waals surface area (Å²) in [4.78, 5) is 45.5. The molecule has 35 heavy (non-hydrogen) atoms. The van der Waals surface area contributed by atoms with Crippen molar-refractivity contribution in [3.8, 4) is 0 Å². The van der Waals surface area contributed by atoms with Gasteiger partial charge in [-0.25, -0.2) is 0 Å². The molecule has 1 N–H and O–H groups in total. The van der Waals surface area contributed by atoms with Crippen LogP contribution in [0.15, 0.2) is 24.3 Å². The molecule has 2 unspecified atom stereocenters. The van der Waals surface area contributed by atoms with Gasteiger partial charge in [-0.05, 0) is 46.0 Å². The first kappa shape index (κ1) is 26.3. The molecule has 2 fully saturated rings. The fraction of sp³-hybridized carbons (Fsp3) is 0.741. The summed E-state index contributed by atoms with van der Waals surface area (Å²) in [6, 6.07) is -1.22. The molecule has 0 aliphatic carbocycles. The first-order chi connectivity index (χ1) is 16.8. The van der Waals surface area contributed by atoms with Crippen LogP contribution in [-0.2, 0) is 19.1 Å². The van der Waals surface area contributed by atoms with Crippen LogP contribution in [0.3, 0.4) is 0 Å². The van der Waals surface area contributed by atoms with Gasteiger partial charge in [-0.15, -0.1) is 11.8 Å². The highest BCUT2D eigenvalue weighted by Crippen LogP contribution is 2.65. The van der Waals surface area contributed by atoms with E-state index in [1.165, 1.54) is 0 Å². The number of allylic oxidation sites excluding steroid dienone is 1. The average Bonchev–Trinajstić information content (AvgIpc) is 3.15. The lowest BCUT2D eigenvalue weighted by Crippen LogP contribution is -2.57. The normalized spacial score (nSPS) is 37.7. The van der Waals surface area contributed by atoms with Gasteiger partial charge in [0.15, 0.2) is 0 Å². The van der Waals surface area contributed by atoms with Crippen LogP contribution in [0.1, 0.15) is 66.2 Å². The summed E-state index contributed by atoms with van der Waals surface area (Å²) in [5, 5.41) is 10.2. The van der Waals surface area contributed by atoms with Crippen molar-refractivity contribution in [3.05, 3.63) is 24.3 Å². The Morgan fingerprint density at radius 3 is 2.60 bits per heavy atom. The molecule has 194 valence electrons. The minimum absolute atomic E-state index is 0.0325. The number of rotatable bonds is 6. The minimum atomic E-state index is -0.895. The van der Waals surface area contributed by atoms with E-state index >= 15 is 0 Å². The molecule has 0 aromatic rings. The fourth-order valence-electron chi connectivity index (χ4n) is 6.53. The third-order valence-corrected chi connectivity index (χ3v) is 10.1. The zero-order valence-corrected chi connectivity index (χ0v) is 22.3. The van der Waals surface area contributed by atoms with Gasteiger partial charge in [0.1, 0.15) is 6.04 Å². The number of likely N-dealkylation sites (tertiary alicyclic amines) is 1. The highest BCUT2D eigenvalue weighted by Gasteiger charge is 2.74. The highest BCUT2D eigenvalue weighted by atomic mass is 32.2. The molecule has 0 radical (unpaired) electrons. The second kappa shape index (κ2) is 10.3. The van der Waals surface area contributed by atoms with Gasteiger partial charge in [0, 0.05) is 17.3 Å². The van der Waals surface area contributed by atoms with Gasteiger partial charge < -0.3 is 19.6 Å². The number of aliphatic hydroxyl groups excluding tert-OH is 1. The standard InChI is InChI=1S/C27H40N2O5S/c1-5-12-18(3)28-15-11-14-27-20(23(31)29(19(6-2)17-30)22(27)24(28)32)21-25(33)34-16-10-8-7-9-13-26(21,4)35-27/h9,11,13-14,18-22,30H,5-8,10,12,15-17H2,1-4H3/b13-9-/t18?,19-,20-,21-,22?,26+,27-/m0/s1. The molecule has 0 aromatic heterocycles. The van der Waals surface area contributed by atoms with Gasteiger partial charge in [0.05, 0.1) is 35.8 Å². The predicted molar refractivity (Wildman–Crippen MR) is 137 cm³/mol. The lowest BCUT2D eigenvalue weighted by atomic mass is 9.74. The molecular weight excluding hydrogens is 464 g/mol. The number of carbonyl (C=O) groups excluding carboxylic acids is 3. The van der Waals surface area contributed by atoms with Gasteiger partial charge in [0.2, 0.25) is 11.8 Å². The van der Waals surface area contributed by atoms with Gasteiger partial charge in [-0.1, -0.05) is 44.6 Å². The summed E-state index contributed by atoms with van der Waals surface area (Å²) in [5.74, 6) is -2.09. The number of esters is 1. The number of nitrogens with zero attached hydrogens (tertiary/aromatic N) is 2. The molecule has 7 atom stereocenters. The van der Waals surface area contributed by atoms with Crippen molar-refractivity contribution in [2.24, 2.45) is 11.8 Å². The van der Waals surface area contributed by atoms with Gasteiger partial charge in [-0.3, -0.25) is 14.4 Å². The predicted octanol–water partition coefficient (Wildman–Crippen LogP) is 3.32. The number of aliphatic hydroxyl groups is 1. The first-order valence-corrected chi connectivity index (χ1v) is 14.0. The highest BCUT2D eigenvalue weighted by molar-refractivity contribution is 8.02. The van der Waals surface area contributed by atoms with E-state index in [1.54, 1.807) is 16.7 Å². The largest absolute Gasteiger partial charge is 0.465 e. The number of carbonyl (C=O) groups is 3. The fourth-order valence-corrected chi connectivity index (χ4v) is 8.67. The van der Waals surface area contributed by atoms with E-state index in [0.29, 0.717) is 19.6 Å². The van der Waals surface area contributed by atoms with Crippen molar-refractivity contribution in [2.45, 2.75) is 93.8 Å². The first-order valence-electron chi connectivity index (χ1n) is 13.2. The summed E-state index contributed by atoms with van der Waals surface area (Å²) >= 11 is 1.57. The Morgan fingerprint density at radius 2 is 1.91 bits per heavy atom.